The Hall–Kier alpha value is -0.433. The maximum atomic E-state index is 6.04. The Morgan fingerprint density at radius 3 is 1.39 bits per heavy atom. The second-order valence-electron chi connectivity index (χ2n) is 11.4. The molecule has 0 aliphatic carbocycles. The molecule has 0 aliphatic rings. The van der Waals surface area contributed by atoms with Crippen LogP contribution in [0.2, 0.25) is 6.04 Å². The Kier molecular flexibility index (Phi) is 29.3. The zero-order valence-corrected chi connectivity index (χ0v) is 29.4. The highest BCUT2D eigenvalue weighted by Gasteiger charge is 2.39. The van der Waals surface area contributed by atoms with Crippen molar-refractivity contribution in [2.45, 2.75) is 162 Å². The van der Waals surface area contributed by atoms with E-state index < -0.39 is 8.80 Å². The molecule has 0 fully saturated rings. The monoisotopic (exact) mass is 613 g/mol. The first-order chi connectivity index (χ1) is 19.7. The summed E-state index contributed by atoms with van der Waals surface area (Å²) in [5, 5.41) is 3.85. The minimum absolute atomic E-state index is 0. The van der Waals surface area contributed by atoms with Gasteiger partial charge in [0, 0.05) is 31.9 Å². The van der Waals surface area contributed by atoms with Crippen molar-refractivity contribution in [3.05, 3.63) is 35.9 Å². The van der Waals surface area contributed by atoms with Crippen LogP contribution in [0.4, 0.5) is 0 Å². The van der Waals surface area contributed by atoms with Gasteiger partial charge in [0.15, 0.2) is 0 Å². The first-order valence-corrected chi connectivity index (χ1v) is 19.3. The first kappa shape index (κ1) is 40.6. The quantitative estimate of drug-likeness (QED) is 0.0691. The third-order valence-corrected chi connectivity index (χ3v) is 11.1. The van der Waals surface area contributed by atoms with Gasteiger partial charge in [-0.15, -0.1) is 12.4 Å². The zero-order chi connectivity index (χ0) is 29.0. The standard InChI is InChI=1S/C35H67NO3Si.ClH/c1-5-9-10-11-12-13-14-15-16-17-18-19-20-21-22-23-27-31-35(34-29-25-24-26-30-34)36-32-28-33-40(37-6-2,38-7-3)39-8-4;/h24-26,29-30,35-36H,5-23,27-28,31-33H2,1-4H3;1H. The third-order valence-electron chi connectivity index (χ3n) is 7.94. The van der Waals surface area contributed by atoms with Crippen molar-refractivity contribution in [2.24, 2.45) is 0 Å². The first-order valence-electron chi connectivity index (χ1n) is 17.4. The van der Waals surface area contributed by atoms with Crippen molar-refractivity contribution < 1.29 is 13.3 Å². The Labute approximate surface area is 263 Å². The van der Waals surface area contributed by atoms with Crippen molar-refractivity contribution in [3.63, 3.8) is 0 Å². The van der Waals surface area contributed by atoms with Gasteiger partial charge in [-0.1, -0.05) is 146 Å². The molecular formula is C35H68ClNO3Si. The Balaban J connectivity index is 0.0000160. The van der Waals surface area contributed by atoms with Gasteiger partial charge in [-0.25, -0.2) is 0 Å². The number of hydrogen-bond donors (Lipinski definition) is 1. The van der Waals surface area contributed by atoms with E-state index in [0.717, 1.165) is 19.0 Å². The summed E-state index contributed by atoms with van der Waals surface area (Å²) >= 11 is 0. The van der Waals surface area contributed by atoms with Crippen molar-refractivity contribution in [1.82, 2.24) is 5.32 Å². The molecule has 0 amide bonds. The molecule has 0 radical (unpaired) electrons. The fourth-order valence-corrected chi connectivity index (χ4v) is 8.34. The lowest BCUT2D eigenvalue weighted by Crippen LogP contribution is -2.46. The van der Waals surface area contributed by atoms with Gasteiger partial charge in [-0.3, -0.25) is 0 Å². The maximum Gasteiger partial charge on any atom is 0.500 e. The van der Waals surface area contributed by atoms with Gasteiger partial charge in [-0.2, -0.15) is 0 Å². The van der Waals surface area contributed by atoms with Crippen molar-refractivity contribution in [1.29, 1.82) is 0 Å². The fraction of sp³-hybridized carbons (Fsp3) is 0.829. The largest absolute Gasteiger partial charge is 0.500 e. The van der Waals surface area contributed by atoms with Crippen LogP contribution in [-0.2, 0) is 13.3 Å². The molecule has 1 rings (SSSR count). The SMILES string of the molecule is CCCCCCCCCCCCCCCCCCCC(NCCC[Si](OCC)(OCC)OCC)c1ccccc1.Cl. The van der Waals surface area contributed by atoms with Crippen LogP contribution in [0.15, 0.2) is 30.3 Å². The van der Waals surface area contributed by atoms with E-state index in [2.05, 4.69) is 42.6 Å². The number of benzene rings is 1. The van der Waals surface area contributed by atoms with E-state index in [1.165, 1.54) is 121 Å². The summed E-state index contributed by atoms with van der Waals surface area (Å²) in [6, 6.07) is 12.3. The van der Waals surface area contributed by atoms with Gasteiger partial charge in [0.2, 0.25) is 0 Å². The van der Waals surface area contributed by atoms with Gasteiger partial charge in [0.05, 0.1) is 0 Å². The van der Waals surface area contributed by atoms with Gasteiger partial charge in [0.1, 0.15) is 0 Å². The van der Waals surface area contributed by atoms with Crippen LogP contribution in [0.5, 0.6) is 0 Å². The molecule has 1 aromatic carbocycles. The highest BCUT2D eigenvalue weighted by atomic mass is 35.5. The molecule has 0 aliphatic heterocycles. The average Bonchev–Trinajstić information content (AvgIpc) is 2.96. The molecule has 0 heterocycles. The number of unbranched alkanes of at least 4 members (excludes halogenated alkanes) is 16. The molecule has 1 unspecified atom stereocenters. The summed E-state index contributed by atoms with van der Waals surface area (Å²) in [5.74, 6) is 0. The normalized spacial score (nSPS) is 12.4. The third kappa shape index (κ3) is 21.8. The summed E-state index contributed by atoms with van der Waals surface area (Å²) in [7, 11) is -2.55. The summed E-state index contributed by atoms with van der Waals surface area (Å²) in [4.78, 5) is 0. The van der Waals surface area contributed by atoms with Gasteiger partial charge >= 0.3 is 8.80 Å². The topological polar surface area (TPSA) is 39.7 Å². The summed E-state index contributed by atoms with van der Waals surface area (Å²) in [6.07, 6.45) is 26.3. The van der Waals surface area contributed by atoms with Crippen molar-refractivity contribution in [2.75, 3.05) is 26.4 Å². The zero-order valence-electron chi connectivity index (χ0n) is 27.6. The molecular weight excluding hydrogens is 546 g/mol. The van der Waals surface area contributed by atoms with E-state index in [4.69, 9.17) is 13.3 Å². The summed E-state index contributed by atoms with van der Waals surface area (Å²) < 4.78 is 18.1. The van der Waals surface area contributed by atoms with Crippen LogP contribution in [0, 0.1) is 0 Å². The number of rotatable bonds is 30. The van der Waals surface area contributed by atoms with Crippen LogP contribution in [0.1, 0.15) is 161 Å². The fourth-order valence-electron chi connectivity index (χ4n) is 5.73. The molecule has 0 aromatic heterocycles. The van der Waals surface area contributed by atoms with Crippen LogP contribution < -0.4 is 5.32 Å². The lowest BCUT2D eigenvalue weighted by Gasteiger charge is -2.29. The molecule has 1 atom stereocenters. The molecule has 1 aromatic rings. The number of nitrogens with one attached hydrogen (secondary N) is 1. The van der Waals surface area contributed by atoms with E-state index in [9.17, 15) is 0 Å². The number of hydrogen-bond acceptors (Lipinski definition) is 4. The predicted molar refractivity (Wildman–Crippen MR) is 183 cm³/mol. The van der Waals surface area contributed by atoms with Crippen LogP contribution in [0.25, 0.3) is 0 Å². The average molecular weight is 614 g/mol. The van der Waals surface area contributed by atoms with Gasteiger partial charge < -0.3 is 18.6 Å². The van der Waals surface area contributed by atoms with E-state index in [-0.39, 0.29) is 12.4 Å². The van der Waals surface area contributed by atoms with Crippen LogP contribution >= 0.6 is 12.4 Å². The van der Waals surface area contributed by atoms with Gasteiger partial charge in [-0.05, 0) is 45.7 Å². The Bertz CT molecular complexity index is 635. The maximum absolute atomic E-state index is 6.04. The molecule has 0 saturated heterocycles. The van der Waals surface area contributed by atoms with Crippen molar-refractivity contribution in [3.8, 4) is 0 Å². The molecule has 6 heteroatoms. The smallest absolute Gasteiger partial charge is 0.374 e. The van der Waals surface area contributed by atoms with Gasteiger partial charge in [0.25, 0.3) is 0 Å². The summed E-state index contributed by atoms with van der Waals surface area (Å²) in [5.41, 5.74) is 1.40. The summed E-state index contributed by atoms with van der Waals surface area (Å²) in [6.45, 7) is 11.3. The highest BCUT2D eigenvalue weighted by molar-refractivity contribution is 6.60. The molecule has 41 heavy (non-hydrogen) atoms. The van der Waals surface area contributed by atoms with Crippen LogP contribution in [-0.4, -0.2) is 35.2 Å². The second kappa shape index (κ2) is 29.6. The molecule has 4 nitrogen and oxygen atoms in total. The minimum Gasteiger partial charge on any atom is -0.374 e. The molecule has 0 saturated carbocycles. The van der Waals surface area contributed by atoms with E-state index >= 15 is 0 Å². The Morgan fingerprint density at radius 2 is 0.976 bits per heavy atom. The van der Waals surface area contributed by atoms with Crippen LogP contribution in [0.3, 0.4) is 0 Å². The van der Waals surface area contributed by atoms with Crippen molar-refractivity contribution >= 4 is 21.2 Å². The molecule has 1 N–H and O–H groups in total. The molecule has 0 bridgehead atoms. The lowest BCUT2D eigenvalue weighted by molar-refractivity contribution is 0.0707. The predicted octanol–water partition coefficient (Wildman–Crippen LogP) is 11.2. The Morgan fingerprint density at radius 1 is 0.561 bits per heavy atom. The number of halogens is 1. The van der Waals surface area contributed by atoms with E-state index in [0.29, 0.717) is 25.9 Å². The van der Waals surface area contributed by atoms with E-state index in [1.54, 1.807) is 0 Å². The molecule has 242 valence electrons. The van der Waals surface area contributed by atoms with E-state index in [1.807, 2.05) is 20.8 Å². The lowest BCUT2D eigenvalue weighted by atomic mass is 9.99. The highest BCUT2D eigenvalue weighted by Crippen LogP contribution is 2.22. The minimum atomic E-state index is -2.55. The second-order valence-corrected chi connectivity index (χ2v) is 14.2. The molecule has 0 spiro atoms.